The summed E-state index contributed by atoms with van der Waals surface area (Å²) in [5.41, 5.74) is 3.76. The molecule has 0 spiro atoms. The summed E-state index contributed by atoms with van der Waals surface area (Å²) in [4.78, 5) is 39.7. The zero-order valence-corrected chi connectivity index (χ0v) is 19.2. The lowest BCUT2D eigenvalue weighted by atomic mass is 9.85. The molecule has 3 aliphatic rings. The van der Waals surface area contributed by atoms with Crippen LogP contribution in [0.4, 0.5) is 0 Å². The number of hydrogen-bond donors (Lipinski definition) is 1. The Labute approximate surface area is 203 Å². The van der Waals surface area contributed by atoms with E-state index < -0.39 is 0 Å². The molecule has 1 N–H and O–H groups in total. The molecule has 0 radical (unpaired) electrons. The molecule has 2 fully saturated rings. The Morgan fingerprint density at radius 1 is 0.914 bits per heavy atom. The maximum absolute atomic E-state index is 12.9. The second-order valence-electron chi connectivity index (χ2n) is 9.59. The molecule has 4 atom stereocenters. The van der Waals surface area contributed by atoms with Crippen molar-refractivity contribution in [1.82, 2.24) is 20.0 Å². The van der Waals surface area contributed by atoms with Gasteiger partial charge in [-0.25, -0.2) is 0 Å². The molecule has 2 aliphatic carbocycles. The van der Waals surface area contributed by atoms with Gasteiger partial charge in [0.1, 0.15) is 6.54 Å². The monoisotopic (exact) mass is 466 g/mol. The first-order valence-corrected chi connectivity index (χ1v) is 12.0. The molecule has 1 saturated carbocycles. The Morgan fingerprint density at radius 3 is 2.20 bits per heavy atom. The molecule has 7 heteroatoms. The largest absolute Gasteiger partial charge is 0.350 e. The quantitative estimate of drug-likeness (QED) is 0.429. The minimum atomic E-state index is -0.346. The predicted molar refractivity (Wildman–Crippen MR) is 129 cm³/mol. The van der Waals surface area contributed by atoms with Gasteiger partial charge in [-0.2, -0.15) is 5.10 Å². The molecule has 3 aromatic rings. The summed E-state index contributed by atoms with van der Waals surface area (Å²) in [5.74, 6) is -1.05. The van der Waals surface area contributed by atoms with E-state index in [1.165, 1.54) is 0 Å². The van der Waals surface area contributed by atoms with E-state index in [9.17, 15) is 14.4 Å². The molecule has 7 nitrogen and oxygen atoms in total. The SMILES string of the molecule is O=C(CN1C(=O)C2C3C=CC(C3)C2C1=O)NCc1cn(Cc2ccccc2)nc1-c1ccccc1. The fourth-order valence-electron chi connectivity index (χ4n) is 5.80. The van der Waals surface area contributed by atoms with Gasteiger partial charge in [0.15, 0.2) is 0 Å². The zero-order chi connectivity index (χ0) is 23.9. The number of likely N-dealkylation sites (tertiary alicyclic amines) is 1. The van der Waals surface area contributed by atoms with Crippen LogP contribution in [0.25, 0.3) is 11.3 Å². The van der Waals surface area contributed by atoms with Gasteiger partial charge in [0.05, 0.1) is 24.1 Å². The Kier molecular flexibility index (Phi) is 5.32. The third-order valence-corrected chi connectivity index (χ3v) is 7.41. The van der Waals surface area contributed by atoms with Crippen molar-refractivity contribution in [2.75, 3.05) is 6.54 Å². The Hall–Kier alpha value is -4.00. The lowest BCUT2D eigenvalue weighted by Gasteiger charge is -2.16. The van der Waals surface area contributed by atoms with Crippen molar-refractivity contribution in [3.63, 3.8) is 0 Å². The first-order chi connectivity index (χ1) is 17.1. The molecule has 1 aliphatic heterocycles. The molecule has 4 unspecified atom stereocenters. The number of hydrogen-bond acceptors (Lipinski definition) is 4. The van der Waals surface area contributed by atoms with Crippen molar-refractivity contribution < 1.29 is 14.4 Å². The number of nitrogens with one attached hydrogen (secondary N) is 1. The van der Waals surface area contributed by atoms with Crippen molar-refractivity contribution >= 4 is 17.7 Å². The normalized spacial score (nSPS) is 24.3. The highest BCUT2D eigenvalue weighted by atomic mass is 16.2. The highest BCUT2D eigenvalue weighted by Crippen LogP contribution is 2.52. The number of carbonyl (C=O) groups is 3. The average molecular weight is 467 g/mol. The zero-order valence-electron chi connectivity index (χ0n) is 19.2. The van der Waals surface area contributed by atoms with Gasteiger partial charge < -0.3 is 5.32 Å². The van der Waals surface area contributed by atoms with E-state index >= 15 is 0 Å². The summed E-state index contributed by atoms with van der Waals surface area (Å²) in [6.45, 7) is 0.640. The van der Waals surface area contributed by atoms with Gasteiger partial charge in [-0.1, -0.05) is 72.8 Å². The van der Waals surface area contributed by atoms with Crippen LogP contribution in [0.2, 0.25) is 0 Å². The Balaban J connectivity index is 1.16. The highest BCUT2D eigenvalue weighted by Gasteiger charge is 2.59. The van der Waals surface area contributed by atoms with Gasteiger partial charge in [0, 0.05) is 23.9 Å². The Bertz CT molecular complexity index is 1280. The standard InChI is InChI=1S/C28H26N4O3/c33-23(17-32-27(34)24-20-11-12-21(13-20)25(24)28(32)35)29-14-22-16-31(15-18-7-3-1-4-8-18)30-26(22)19-9-5-2-6-10-19/h1-12,16,20-21,24-25H,13-15,17H2,(H,29,33). The number of nitrogens with zero attached hydrogens (tertiary/aromatic N) is 3. The predicted octanol–water partition coefficient (Wildman–Crippen LogP) is 3.02. The van der Waals surface area contributed by atoms with Crippen molar-refractivity contribution in [3.05, 3.63) is 90.1 Å². The summed E-state index contributed by atoms with van der Waals surface area (Å²) in [6.07, 6.45) is 6.93. The summed E-state index contributed by atoms with van der Waals surface area (Å²) < 4.78 is 1.87. The van der Waals surface area contributed by atoms with E-state index in [1.807, 2.05) is 71.5 Å². The minimum absolute atomic E-state index is 0.137. The van der Waals surface area contributed by atoms with Crippen LogP contribution in [0.3, 0.4) is 0 Å². The number of allylic oxidation sites excluding steroid dienone is 2. The molecule has 2 bridgehead atoms. The molecule has 3 amide bonds. The third-order valence-electron chi connectivity index (χ3n) is 7.41. The van der Waals surface area contributed by atoms with Gasteiger partial charge in [0.25, 0.3) is 0 Å². The molecule has 6 rings (SSSR count). The minimum Gasteiger partial charge on any atom is -0.350 e. The second kappa shape index (κ2) is 8.65. The van der Waals surface area contributed by atoms with E-state index in [1.54, 1.807) is 0 Å². The van der Waals surface area contributed by atoms with Crippen molar-refractivity contribution in [3.8, 4) is 11.3 Å². The molecule has 1 aromatic heterocycles. The van der Waals surface area contributed by atoms with Crippen LogP contribution in [-0.2, 0) is 27.5 Å². The number of carbonyl (C=O) groups excluding carboxylic acids is 3. The maximum atomic E-state index is 12.9. The van der Waals surface area contributed by atoms with Gasteiger partial charge in [0.2, 0.25) is 17.7 Å². The van der Waals surface area contributed by atoms with Crippen LogP contribution in [0, 0.1) is 23.7 Å². The second-order valence-corrected chi connectivity index (χ2v) is 9.59. The lowest BCUT2D eigenvalue weighted by molar-refractivity contribution is -0.144. The fourth-order valence-corrected chi connectivity index (χ4v) is 5.80. The van der Waals surface area contributed by atoms with Crippen molar-refractivity contribution in [2.45, 2.75) is 19.5 Å². The number of rotatable bonds is 7. The summed E-state index contributed by atoms with van der Waals surface area (Å²) in [5, 5.41) is 7.69. The van der Waals surface area contributed by atoms with Crippen LogP contribution in [0.15, 0.2) is 79.0 Å². The molecular weight excluding hydrogens is 440 g/mol. The fraction of sp³-hybridized carbons (Fsp3) is 0.286. The molecular formula is C28H26N4O3. The summed E-state index contributed by atoms with van der Waals surface area (Å²) in [6, 6.07) is 19.9. The van der Waals surface area contributed by atoms with Gasteiger partial charge in [-0.05, 0) is 23.8 Å². The highest BCUT2D eigenvalue weighted by molar-refractivity contribution is 6.08. The van der Waals surface area contributed by atoms with E-state index in [0.717, 1.165) is 33.7 Å². The lowest BCUT2D eigenvalue weighted by Crippen LogP contribution is -2.41. The van der Waals surface area contributed by atoms with Crippen LogP contribution < -0.4 is 5.32 Å². The van der Waals surface area contributed by atoms with E-state index in [2.05, 4.69) is 17.5 Å². The van der Waals surface area contributed by atoms with Gasteiger partial charge in [-0.3, -0.25) is 24.0 Å². The van der Waals surface area contributed by atoms with E-state index in [-0.39, 0.29) is 54.5 Å². The molecule has 2 aromatic carbocycles. The first-order valence-electron chi connectivity index (χ1n) is 12.0. The van der Waals surface area contributed by atoms with Crippen LogP contribution >= 0.6 is 0 Å². The van der Waals surface area contributed by atoms with Crippen LogP contribution in [0.1, 0.15) is 17.5 Å². The molecule has 2 heterocycles. The Morgan fingerprint density at radius 2 is 1.54 bits per heavy atom. The third kappa shape index (κ3) is 3.87. The van der Waals surface area contributed by atoms with E-state index in [4.69, 9.17) is 5.10 Å². The number of imide groups is 1. The topological polar surface area (TPSA) is 84.3 Å². The van der Waals surface area contributed by atoms with Gasteiger partial charge >= 0.3 is 0 Å². The van der Waals surface area contributed by atoms with Crippen molar-refractivity contribution in [1.29, 1.82) is 0 Å². The average Bonchev–Trinajstić information content (AvgIpc) is 3.65. The van der Waals surface area contributed by atoms with Crippen molar-refractivity contribution in [2.24, 2.45) is 23.7 Å². The summed E-state index contributed by atoms with van der Waals surface area (Å²) in [7, 11) is 0. The maximum Gasteiger partial charge on any atom is 0.240 e. The summed E-state index contributed by atoms with van der Waals surface area (Å²) >= 11 is 0. The van der Waals surface area contributed by atoms with Gasteiger partial charge in [-0.15, -0.1) is 0 Å². The molecule has 35 heavy (non-hydrogen) atoms. The number of amides is 3. The smallest absolute Gasteiger partial charge is 0.240 e. The molecule has 1 saturated heterocycles. The number of benzene rings is 2. The number of fused-ring (bicyclic) bond motifs is 5. The first kappa shape index (κ1) is 21.5. The van der Waals surface area contributed by atoms with Crippen LogP contribution in [-0.4, -0.2) is 38.9 Å². The van der Waals surface area contributed by atoms with E-state index in [0.29, 0.717) is 6.54 Å². The van der Waals surface area contributed by atoms with Crippen LogP contribution in [0.5, 0.6) is 0 Å². The molecule has 176 valence electrons. The number of aromatic nitrogens is 2.